The van der Waals surface area contributed by atoms with Crippen molar-refractivity contribution < 1.29 is 19.1 Å². The summed E-state index contributed by atoms with van der Waals surface area (Å²) in [4.78, 5) is 27.1. The molecule has 3 aromatic carbocycles. The third-order valence-corrected chi connectivity index (χ3v) is 5.34. The Labute approximate surface area is 175 Å². The van der Waals surface area contributed by atoms with Crippen LogP contribution in [0.5, 0.6) is 5.75 Å². The molecule has 4 rings (SSSR count). The Bertz CT molecular complexity index is 1080. The highest BCUT2D eigenvalue weighted by Gasteiger charge is 2.28. The van der Waals surface area contributed by atoms with Crippen LogP contribution in [0.15, 0.2) is 72.8 Å². The highest BCUT2D eigenvalue weighted by atomic mass is 16.5. The standard InChI is InChI=1S/C25H23NO4/c1-26(16-19-10-6-7-11-22(19)29-2)24(27)18-12-13-21-20(14-18)15-23(30-25(21)28)17-8-4-3-5-9-17/h3-14,23H,15-16H2,1-2H3. The number of carbonyl (C=O) groups excluding carboxylic acids is 2. The molecule has 1 aliphatic heterocycles. The molecule has 0 N–H and O–H groups in total. The number of esters is 1. The lowest BCUT2D eigenvalue weighted by molar-refractivity contribution is 0.0252. The second-order valence-corrected chi connectivity index (χ2v) is 7.35. The molecule has 0 saturated heterocycles. The van der Waals surface area contributed by atoms with Crippen molar-refractivity contribution in [2.75, 3.05) is 14.2 Å². The zero-order valence-electron chi connectivity index (χ0n) is 17.0. The molecule has 0 aliphatic carbocycles. The molecule has 30 heavy (non-hydrogen) atoms. The number of benzene rings is 3. The van der Waals surface area contributed by atoms with E-state index in [-0.39, 0.29) is 18.0 Å². The summed E-state index contributed by atoms with van der Waals surface area (Å²) < 4.78 is 11.0. The fourth-order valence-corrected chi connectivity index (χ4v) is 3.76. The number of methoxy groups -OCH3 is 1. The first-order valence-electron chi connectivity index (χ1n) is 9.83. The minimum absolute atomic E-state index is 0.112. The summed E-state index contributed by atoms with van der Waals surface area (Å²) in [5, 5.41) is 0. The van der Waals surface area contributed by atoms with Gasteiger partial charge in [0.25, 0.3) is 5.91 Å². The predicted octanol–water partition coefficient (Wildman–Crippen LogP) is 4.42. The number of ether oxygens (including phenoxy) is 2. The Balaban J connectivity index is 1.56. The summed E-state index contributed by atoms with van der Waals surface area (Å²) >= 11 is 0. The number of hydrogen-bond acceptors (Lipinski definition) is 4. The van der Waals surface area contributed by atoms with Crippen LogP contribution in [0.25, 0.3) is 0 Å². The molecular formula is C25H23NO4. The molecule has 3 aromatic rings. The summed E-state index contributed by atoms with van der Waals surface area (Å²) in [7, 11) is 3.38. The van der Waals surface area contributed by atoms with E-state index in [1.54, 1.807) is 31.2 Å². The highest BCUT2D eigenvalue weighted by molar-refractivity contribution is 5.97. The maximum Gasteiger partial charge on any atom is 0.339 e. The van der Waals surface area contributed by atoms with E-state index >= 15 is 0 Å². The van der Waals surface area contributed by atoms with E-state index in [0.29, 0.717) is 24.1 Å². The summed E-state index contributed by atoms with van der Waals surface area (Å²) in [6.45, 7) is 0.425. The number of hydrogen-bond donors (Lipinski definition) is 0. The van der Waals surface area contributed by atoms with Crippen LogP contribution in [0.1, 0.15) is 43.5 Å². The molecular weight excluding hydrogens is 378 g/mol. The van der Waals surface area contributed by atoms with E-state index in [4.69, 9.17) is 9.47 Å². The van der Waals surface area contributed by atoms with Gasteiger partial charge in [-0.2, -0.15) is 0 Å². The van der Waals surface area contributed by atoms with E-state index in [9.17, 15) is 9.59 Å². The monoisotopic (exact) mass is 401 g/mol. The van der Waals surface area contributed by atoms with Crippen molar-refractivity contribution in [3.05, 3.63) is 101 Å². The van der Waals surface area contributed by atoms with Crippen molar-refractivity contribution in [1.29, 1.82) is 0 Å². The van der Waals surface area contributed by atoms with Crippen molar-refractivity contribution in [2.24, 2.45) is 0 Å². The topological polar surface area (TPSA) is 55.8 Å². The second kappa shape index (κ2) is 8.41. The van der Waals surface area contributed by atoms with E-state index in [1.807, 2.05) is 60.7 Å². The van der Waals surface area contributed by atoms with Crippen molar-refractivity contribution in [3.63, 3.8) is 0 Å². The van der Waals surface area contributed by atoms with Gasteiger partial charge in [0.2, 0.25) is 0 Å². The number of carbonyl (C=O) groups is 2. The van der Waals surface area contributed by atoms with Gasteiger partial charge in [-0.15, -0.1) is 0 Å². The molecule has 0 saturated carbocycles. The van der Waals surface area contributed by atoms with Gasteiger partial charge >= 0.3 is 5.97 Å². The summed E-state index contributed by atoms with van der Waals surface area (Å²) in [5.74, 6) is 0.279. The molecule has 5 heteroatoms. The summed E-state index contributed by atoms with van der Waals surface area (Å²) in [5.41, 5.74) is 3.78. The maximum absolute atomic E-state index is 13.0. The molecule has 0 aromatic heterocycles. The van der Waals surface area contributed by atoms with Gasteiger partial charge in [0, 0.05) is 31.1 Å². The molecule has 5 nitrogen and oxygen atoms in total. The first kappa shape index (κ1) is 19.7. The van der Waals surface area contributed by atoms with Crippen LogP contribution < -0.4 is 4.74 Å². The van der Waals surface area contributed by atoms with Crippen LogP contribution in [0, 0.1) is 0 Å². The lowest BCUT2D eigenvalue weighted by atomic mass is 9.93. The molecule has 152 valence electrons. The summed E-state index contributed by atoms with van der Waals surface area (Å²) in [6.07, 6.45) is 0.200. The zero-order valence-corrected chi connectivity index (χ0v) is 17.0. The molecule has 1 amide bonds. The minimum Gasteiger partial charge on any atom is -0.496 e. The van der Waals surface area contributed by atoms with Gasteiger partial charge in [-0.1, -0.05) is 48.5 Å². The highest BCUT2D eigenvalue weighted by Crippen LogP contribution is 2.31. The van der Waals surface area contributed by atoms with E-state index < -0.39 is 0 Å². The largest absolute Gasteiger partial charge is 0.496 e. The quantitative estimate of drug-likeness (QED) is 0.594. The molecule has 0 fully saturated rings. The fraction of sp³-hybridized carbons (Fsp3) is 0.200. The molecule has 1 unspecified atom stereocenters. The third-order valence-electron chi connectivity index (χ3n) is 5.34. The first-order chi connectivity index (χ1) is 14.6. The zero-order chi connectivity index (χ0) is 21.1. The molecule has 1 atom stereocenters. The van der Waals surface area contributed by atoms with E-state index in [2.05, 4.69) is 0 Å². The van der Waals surface area contributed by atoms with E-state index in [1.165, 1.54) is 0 Å². The average Bonchev–Trinajstić information content (AvgIpc) is 2.79. The lowest BCUT2D eigenvalue weighted by Gasteiger charge is -2.26. The Morgan fingerprint density at radius 3 is 2.57 bits per heavy atom. The Morgan fingerprint density at radius 2 is 1.80 bits per heavy atom. The van der Waals surface area contributed by atoms with Gasteiger partial charge in [0.15, 0.2) is 0 Å². The fourth-order valence-electron chi connectivity index (χ4n) is 3.76. The van der Waals surface area contributed by atoms with Crippen LogP contribution in [0.3, 0.4) is 0 Å². The van der Waals surface area contributed by atoms with Gasteiger partial charge in [-0.25, -0.2) is 4.79 Å². The lowest BCUT2D eigenvalue weighted by Crippen LogP contribution is -2.27. The van der Waals surface area contributed by atoms with Gasteiger partial charge in [-0.05, 0) is 35.4 Å². The first-order valence-corrected chi connectivity index (χ1v) is 9.83. The Morgan fingerprint density at radius 1 is 1.07 bits per heavy atom. The van der Waals surface area contributed by atoms with Gasteiger partial charge < -0.3 is 14.4 Å². The number of nitrogens with zero attached hydrogens (tertiary/aromatic N) is 1. The van der Waals surface area contributed by atoms with Crippen LogP contribution >= 0.6 is 0 Å². The number of cyclic esters (lactones) is 1. The number of fused-ring (bicyclic) bond motifs is 1. The third kappa shape index (κ3) is 3.92. The smallest absolute Gasteiger partial charge is 0.339 e. The maximum atomic E-state index is 13.0. The molecule has 0 radical (unpaired) electrons. The number of amides is 1. The van der Waals surface area contributed by atoms with Crippen molar-refractivity contribution in [1.82, 2.24) is 4.90 Å². The van der Waals surface area contributed by atoms with E-state index in [0.717, 1.165) is 22.4 Å². The van der Waals surface area contributed by atoms with Crippen LogP contribution in [0.4, 0.5) is 0 Å². The molecule has 1 aliphatic rings. The second-order valence-electron chi connectivity index (χ2n) is 7.35. The predicted molar refractivity (Wildman–Crippen MR) is 114 cm³/mol. The molecule has 1 heterocycles. The van der Waals surface area contributed by atoms with Crippen LogP contribution in [0.2, 0.25) is 0 Å². The average molecular weight is 401 g/mol. The SMILES string of the molecule is COc1ccccc1CN(C)C(=O)c1ccc2c(c1)CC(c1ccccc1)OC2=O. The van der Waals surface area contributed by atoms with Crippen molar-refractivity contribution >= 4 is 11.9 Å². The van der Waals surface area contributed by atoms with Gasteiger partial charge in [0.1, 0.15) is 11.9 Å². The summed E-state index contributed by atoms with van der Waals surface area (Å²) in [6, 6.07) is 22.5. The minimum atomic E-state index is -0.355. The normalized spacial score (nSPS) is 15.1. The number of rotatable bonds is 5. The molecule has 0 bridgehead atoms. The van der Waals surface area contributed by atoms with Gasteiger partial charge in [-0.3, -0.25) is 4.79 Å². The number of para-hydroxylation sites is 1. The molecule has 0 spiro atoms. The Kier molecular flexibility index (Phi) is 5.53. The van der Waals surface area contributed by atoms with Crippen molar-refractivity contribution in [2.45, 2.75) is 19.1 Å². The van der Waals surface area contributed by atoms with Crippen LogP contribution in [-0.2, 0) is 17.7 Å². The Hall–Kier alpha value is -3.60. The van der Waals surface area contributed by atoms with Crippen molar-refractivity contribution in [3.8, 4) is 5.75 Å². The van der Waals surface area contributed by atoms with Crippen LogP contribution in [-0.4, -0.2) is 30.9 Å². The van der Waals surface area contributed by atoms with Gasteiger partial charge in [0.05, 0.1) is 12.7 Å².